The smallest absolute Gasteiger partial charge is 0.164 e. The molecule has 504 valence electrons. The summed E-state index contributed by atoms with van der Waals surface area (Å²) < 4.78 is 25.5. The van der Waals surface area contributed by atoms with E-state index in [4.69, 9.17) is 47.6 Å². The van der Waals surface area contributed by atoms with Crippen LogP contribution in [-0.4, -0.2) is 29.9 Å². The Bertz CT molecular complexity index is 7070. The maximum absolute atomic E-state index is 6.57. The van der Waals surface area contributed by atoms with E-state index in [1.165, 1.54) is 5.39 Å². The van der Waals surface area contributed by atoms with Gasteiger partial charge in [-0.05, 0) is 152 Å². The van der Waals surface area contributed by atoms with E-state index in [1.54, 1.807) is 0 Å². The zero-order chi connectivity index (χ0) is 71.2. The van der Waals surface area contributed by atoms with Crippen LogP contribution in [-0.2, 0) is 0 Å². The molecule has 10 nitrogen and oxygen atoms in total. The minimum atomic E-state index is 0.573. The average molecular weight is 1380 g/mol. The summed E-state index contributed by atoms with van der Waals surface area (Å²) in [6.07, 6.45) is 0. The fraction of sp³-hybridized carbons (Fsp3) is 0. The summed E-state index contributed by atoms with van der Waals surface area (Å²) in [5, 5.41) is 13.2. The Morgan fingerprint density at radius 3 is 0.870 bits per heavy atom. The normalized spacial score (nSPS) is 11.7. The SMILES string of the molecule is c1ccc(-c2nc(-c3cc(-c4ccc5oc6ccccc6c5c4)cc(-c4ccc5oc6ccccc6c5c4)c3)nc(-c3ccc4ccccc4c3)n2)cc1.c1ccc(-c2nc(-c3cc(-c4cccc5c4oc4ccccc45)cc(-c4cccc5c4oc4ccccc45)c3)nc(-c3ccc4ccccc4c3)n2)cc1. The van der Waals surface area contributed by atoms with Gasteiger partial charge in [0.25, 0.3) is 0 Å². The monoisotopic (exact) mass is 1380 g/mol. The molecule has 22 aromatic rings. The highest BCUT2D eigenvalue weighted by atomic mass is 16.3. The summed E-state index contributed by atoms with van der Waals surface area (Å²) in [5.74, 6) is 3.62. The molecule has 0 unspecified atom stereocenters. The van der Waals surface area contributed by atoms with Crippen molar-refractivity contribution in [1.82, 2.24) is 29.9 Å². The van der Waals surface area contributed by atoms with Crippen molar-refractivity contribution in [3.8, 4) is 113 Å². The third-order valence-electron chi connectivity index (χ3n) is 20.6. The van der Waals surface area contributed by atoms with Gasteiger partial charge in [-0.1, -0.05) is 255 Å². The largest absolute Gasteiger partial charge is 0.456 e. The number of para-hydroxylation sites is 6. The predicted molar refractivity (Wildman–Crippen MR) is 438 cm³/mol. The molecule has 0 saturated carbocycles. The maximum atomic E-state index is 6.57. The molecule has 0 fully saturated rings. The lowest BCUT2D eigenvalue weighted by Crippen LogP contribution is -2.00. The van der Waals surface area contributed by atoms with Crippen LogP contribution in [0.3, 0.4) is 0 Å². The van der Waals surface area contributed by atoms with Crippen LogP contribution in [0, 0.1) is 0 Å². The zero-order valence-corrected chi connectivity index (χ0v) is 57.8. The summed E-state index contributed by atoms with van der Waals surface area (Å²) in [6, 6.07) is 121. The molecule has 0 spiro atoms. The van der Waals surface area contributed by atoms with Crippen molar-refractivity contribution in [2.75, 3.05) is 0 Å². The third kappa shape index (κ3) is 11.1. The first-order chi connectivity index (χ1) is 53.4. The van der Waals surface area contributed by atoms with Crippen LogP contribution < -0.4 is 0 Å². The molecule has 22 rings (SSSR count). The van der Waals surface area contributed by atoms with Gasteiger partial charge >= 0.3 is 0 Å². The second-order valence-electron chi connectivity index (χ2n) is 27.2. The Morgan fingerprint density at radius 1 is 0.148 bits per heavy atom. The number of aromatic nitrogens is 6. The van der Waals surface area contributed by atoms with Crippen LogP contribution in [0.5, 0.6) is 0 Å². The van der Waals surface area contributed by atoms with Gasteiger partial charge in [-0.25, -0.2) is 29.9 Å². The Balaban J connectivity index is 0.000000138. The molecule has 6 heterocycles. The molecule has 0 aliphatic carbocycles. The van der Waals surface area contributed by atoms with Gasteiger partial charge in [0.15, 0.2) is 34.9 Å². The van der Waals surface area contributed by atoms with Crippen LogP contribution in [0.1, 0.15) is 0 Å². The Hall–Kier alpha value is -14.7. The predicted octanol–water partition coefficient (Wildman–Crippen LogP) is 26.3. The zero-order valence-electron chi connectivity index (χ0n) is 57.8. The molecule has 0 aliphatic heterocycles. The first-order valence-corrected chi connectivity index (χ1v) is 36.0. The number of hydrogen-bond acceptors (Lipinski definition) is 10. The number of rotatable bonds is 10. The van der Waals surface area contributed by atoms with Crippen LogP contribution in [0.25, 0.3) is 222 Å². The van der Waals surface area contributed by atoms with Crippen molar-refractivity contribution < 1.29 is 17.7 Å². The molecule has 10 heteroatoms. The van der Waals surface area contributed by atoms with Gasteiger partial charge in [0.1, 0.15) is 44.7 Å². The highest BCUT2D eigenvalue weighted by Gasteiger charge is 2.23. The number of benzene rings is 16. The Kier molecular flexibility index (Phi) is 14.7. The summed E-state index contributed by atoms with van der Waals surface area (Å²) in [6.45, 7) is 0. The Labute approximate surface area is 617 Å². The van der Waals surface area contributed by atoms with Gasteiger partial charge in [0.05, 0.1) is 0 Å². The van der Waals surface area contributed by atoms with Gasteiger partial charge in [-0.3, -0.25) is 0 Å². The minimum Gasteiger partial charge on any atom is -0.456 e. The highest BCUT2D eigenvalue weighted by molar-refractivity contribution is 6.13. The van der Waals surface area contributed by atoms with Gasteiger partial charge < -0.3 is 17.7 Å². The topological polar surface area (TPSA) is 130 Å². The van der Waals surface area contributed by atoms with E-state index in [-0.39, 0.29) is 0 Å². The third-order valence-corrected chi connectivity index (χ3v) is 20.6. The standard InChI is InChI=1S/2C49H29N3O2/c1-2-13-31(14-3-1)47-50-48(33-25-24-30-12-4-5-15-32(30)26-33)52-49(51-47)36-28-34(37-18-10-20-41-39-16-6-8-22-43(39)53-45(37)41)27-35(29-36)38-19-11-21-42-40-17-7-9-23-44(40)54-46(38)42;1-2-11-31(12-3-1)47-50-48(35-19-18-30-10-4-5-13-32(30)24-35)52-49(51-47)38-26-36(33-20-22-45-41(28-33)39-14-6-8-16-43(39)53-45)25-37(27-38)34-21-23-46-42(29-34)40-15-7-9-17-44(40)54-46/h2*1-29H. The molecular weight excluding hydrogens is 1330 g/mol. The van der Waals surface area contributed by atoms with Gasteiger partial charge in [-0.2, -0.15) is 0 Å². The second kappa shape index (κ2) is 25.6. The minimum absolute atomic E-state index is 0.573. The molecule has 108 heavy (non-hydrogen) atoms. The van der Waals surface area contributed by atoms with E-state index in [1.807, 2.05) is 109 Å². The maximum Gasteiger partial charge on any atom is 0.164 e. The molecule has 0 aliphatic rings. The second-order valence-corrected chi connectivity index (χ2v) is 27.2. The molecule has 6 aromatic heterocycles. The summed E-state index contributed by atoms with van der Waals surface area (Å²) in [7, 11) is 0. The first kappa shape index (κ1) is 61.9. The number of hydrogen-bond donors (Lipinski definition) is 0. The molecule has 0 radical (unpaired) electrons. The van der Waals surface area contributed by atoms with Crippen LogP contribution in [0.4, 0.5) is 0 Å². The molecular formula is C98H58N6O4. The van der Waals surface area contributed by atoms with Crippen molar-refractivity contribution in [2.45, 2.75) is 0 Å². The lowest BCUT2D eigenvalue weighted by Gasteiger charge is -2.13. The van der Waals surface area contributed by atoms with Gasteiger partial charge in [0, 0.05) is 87.6 Å². The summed E-state index contributed by atoms with van der Waals surface area (Å²) in [4.78, 5) is 30.8. The van der Waals surface area contributed by atoms with Crippen molar-refractivity contribution in [2.24, 2.45) is 0 Å². The quantitative estimate of drug-likeness (QED) is 0.130. The van der Waals surface area contributed by atoms with E-state index < -0.39 is 0 Å². The highest BCUT2D eigenvalue weighted by Crippen LogP contribution is 2.44. The summed E-state index contributed by atoms with van der Waals surface area (Å²) >= 11 is 0. The summed E-state index contributed by atoms with van der Waals surface area (Å²) in [5.41, 5.74) is 20.4. The molecule has 0 saturated heterocycles. The van der Waals surface area contributed by atoms with E-state index in [2.05, 4.69) is 243 Å². The van der Waals surface area contributed by atoms with Gasteiger partial charge in [-0.15, -0.1) is 0 Å². The molecule has 0 bridgehead atoms. The van der Waals surface area contributed by atoms with E-state index >= 15 is 0 Å². The average Bonchev–Trinajstić information content (AvgIpc) is 1.52. The molecule has 16 aromatic carbocycles. The van der Waals surface area contributed by atoms with E-state index in [0.717, 1.165) is 182 Å². The van der Waals surface area contributed by atoms with E-state index in [0.29, 0.717) is 34.9 Å². The molecule has 0 N–H and O–H groups in total. The van der Waals surface area contributed by atoms with Crippen molar-refractivity contribution in [3.63, 3.8) is 0 Å². The van der Waals surface area contributed by atoms with Crippen molar-refractivity contribution >= 4 is 109 Å². The number of nitrogens with zero attached hydrogens (tertiary/aromatic N) is 6. The number of furan rings is 4. The Morgan fingerprint density at radius 2 is 0.444 bits per heavy atom. The lowest BCUT2D eigenvalue weighted by molar-refractivity contribution is 0.668. The fourth-order valence-electron chi connectivity index (χ4n) is 15.3. The van der Waals surface area contributed by atoms with Crippen molar-refractivity contribution in [1.29, 1.82) is 0 Å². The van der Waals surface area contributed by atoms with Gasteiger partial charge in [0.2, 0.25) is 0 Å². The molecule has 0 amide bonds. The van der Waals surface area contributed by atoms with E-state index in [9.17, 15) is 0 Å². The number of fused-ring (bicyclic) bond motifs is 14. The van der Waals surface area contributed by atoms with Crippen molar-refractivity contribution in [3.05, 3.63) is 352 Å². The molecule has 0 atom stereocenters. The first-order valence-electron chi connectivity index (χ1n) is 36.0. The lowest BCUT2D eigenvalue weighted by atomic mass is 9.94. The fourth-order valence-corrected chi connectivity index (χ4v) is 15.3. The van der Waals surface area contributed by atoms with Crippen LogP contribution >= 0.6 is 0 Å². The van der Waals surface area contributed by atoms with Crippen LogP contribution in [0.2, 0.25) is 0 Å². The van der Waals surface area contributed by atoms with Crippen LogP contribution in [0.15, 0.2) is 370 Å².